The van der Waals surface area contributed by atoms with Gasteiger partial charge < -0.3 is 9.80 Å². The number of hydrogen-bond donors (Lipinski definition) is 0. The topological polar surface area (TPSA) is 41.4 Å². The number of amides is 1. The van der Waals surface area contributed by atoms with Gasteiger partial charge in [0, 0.05) is 29.9 Å². The lowest BCUT2D eigenvalue weighted by molar-refractivity contribution is -0.116. The van der Waals surface area contributed by atoms with Crippen LogP contribution in [-0.4, -0.2) is 52.3 Å². The molecule has 3 aromatic carbocycles. The van der Waals surface area contributed by atoms with Crippen LogP contribution in [0.5, 0.6) is 0 Å². The van der Waals surface area contributed by atoms with E-state index in [0.717, 1.165) is 47.1 Å². The molecule has 0 aliphatic carbocycles. The average Bonchev–Trinajstić information content (AvgIpc) is 3.38. The molecule has 5 nitrogen and oxygen atoms in total. The molecule has 2 aliphatic rings. The lowest BCUT2D eigenvalue weighted by Gasteiger charge is -2.36. The molecule has 0 unspecified atom stereocenters. The van der Waals surface area contributed by atoms with Gasteiger partial charge in [0.2, 0.25) is 5.91 Å². The quantitative estimate of drug-likeness (QED) is 0.383. The van der Waals surface area contributed by atoms with Crippen molar-refractivity contribution in [3.63, 3.8) is 0 Å². The molecule has 6 rings (SSSR count). The monoisotopic (exact) mass is 468 g/mol. The number of benzene rings is 3. The maximum atomic E-state index is 13.7. The van der Waals surface area contributed by atoms with E-state index in [1.165, 1.54) is 22.9 Å². The van der Waals surface area contributed by atoms with Gasteiger partial charge in [-0.25, -0.2) is 4.98 Å². The summed E-state index contributed by atoms with van der Waals surface area (Å²) in [5, 5.41) is 0.851. The summed E-state index contributed by atoms with van der Waals surface area (Å²) in [7, 11) is 2.18. The van der Waals surface area contributed by atoms with Gasteiger partial charge >= 0.3 is 0 Å². The van der Waals surface area contributed by atoms with Gasteiger partial charge in [-0.2, -0.15) is 0 Å². The fourth-order valence-electron chi connectivity index (χ4n) is 5.53. The zero-order valence-corrected chi connectivity index (χ0v) is 20.3. The maximum absolute atomic E-state index is 13.7. The normalized spacial score (nSPS) is 19.9. The third kappa shape index (κ3) is 3.62. The highest BCUT2D eigenvalue weighted by molar-refractivity contribution is 7.99. The molecule has 1 saturated heterocycles. The molecule has 1 aromatic heterocycles. The number of nitrogens with zero attached hydrogens (tertiary/aromatic N) is 4. The third-order valence-corrected chi connectivity index (χ3v) is 8.01. The van der Waals surface area contributed by atoms with E-state index in [9.17, 15) is 4.79 Å². The average molecular weight is 469 g/mol. The van der Waals surface area contributed by atoms with E-state index in [0.29, 0.717) is 11.7 Å². The van der Waals surface area contributed by atoms with E-state index in [4.69, 9.17) is 4.98 Å². The van der Waals surface area contributed by atoms with E-state index in [1.54, 1.807) is 0 Å². The lowest BCUT2D eigenvalue weighted by Crippen LogP contribution is -2.47. The van der Waals surface area contributed by atoms with Crippen LogP contribution in [0.3, 0.4) is 0 Å². The van der Waals surface area contributed by atoms with Crippen molar-refractivity contribution in [3.8, 4) is 5.69 Å². The standard InChI is InChI=1S/C28H28N4OS/c1-19-12-13-24-21(16-19)22-17-30(2)15-14-25(22)32(24)27(33)18-34-28-29-23-10-6-7-11-26(23)31(28)20-8-4-3-5-9-20/h3-13,16,22,25H,14-15,17-18H2,1-2H3/t22-,25-/m1/s1. The molecule has 0 spiro atoms. The number of anilines is 1. The van der Waals surface area contributed by atoms with Crippen molar-refractivity contribution in [3.05, 3.63) is 83.9 Å². The van der Waals surface area contributed by atoms with Crippen molar-refractivity contribution < 1.29 is 4.79 Å². The van der Waals surface area contributed by atoms with Crippen molar-refractivity contribution in [2.45, 2.75) is 30.5 Å². The minimum atomic E-state index is 0.166. The van der Waals surface area contributed by atoms with Crippen molar-refractivity contribution >= 4 is 34.4 Å². The van der Waals surface area contributed by atoms with Crippen LogP contribution in [0.1, 0.15) is 23.5 Å². The number of imidazole rings is 1. The Labute approximate surface area is 204 Å². The molecule has 0 N–H and O–H groups in total. The Kier molecular flexibility index (Phi) is 5.42. The van der Waals surface area contributed by atoms with Gasteiger partial charge in [0.1, 0.15) is 0 Å². The SMILES string of the molecule is Cc1ccc2c(c1)[C@H]1CN(C)CC[C@H]1N2C(=O)CSc1nc2ccccc2n1-c1ccccc1. The number of hydrogen-bond acceptors (Lipinski definition) is 4. The number of carbonyl (C=O) groups is 1. The smallest absolute Gasteiger partial charge is 0.237 e. The van der Waals surface area contributed by atoms with Gasteiger partial charge in [0.05, 0.1) is 16.8 Å². The zero-order valence-electron chi connectivity index (χ0n) is 19.5. The largest absolute Gasteiger partial charge is 0.308 e. The molecule has 6 heteroatoms. The number of likely N-dealkylation sites (N-methyl/N-ethyl adjacent to an activating group) is 1. The van der Waals surface area contributed by atoms with Crippen LogP contribution in [-0.2, 0) is 4.79 Å². The van der Waals surface area contributed by atoms with Crippen LogP contribution < -0.4 is 4.90 Å². The molecule has 4 aromatic rings. The second kappa shape index (κ2) is 8.60. The Balaban J connectivity index is 1.31. The predicted molar refractivity (Wildman–Crippen MR) is 139 cm³/mol. The predicted octanol–water partition coefficient (Wildman–Crippen LogP) is 5.26. The molecule has 3 heterocycles. The van der Waals surface area contributed by atoms with E-state index in [2.05, 4.69) is 64.7 Å². The first-order chi connectivity index (χ1) is 16.6. The Morgan fingerprint density at radius 3 is 2.71 bits per heavy atom. The number of carbonyl (C=O) groups excluding carboxylic acids is 1. The Morgan fingerprint density at radius 2 is 1.85 bits per heavy atom. The molecule has 34 heavy (non-hydrogen) atoms. The number of aryl methyl sites for hydroxylation is 1. The fraction of sp³-hybridized carbons (Fsp3) is 0.286. The summed E-state index contributed by atoms with van der Waals surface area (Å²) in [4.78, 5) is 23.1. The highest BCUT2D eigenvalue weighted by Gasteiger charge is 2.43. The molecular weight excluding hydrogens is 440 g/mol. The van der Waals surface area contributed by atoms with E-state index in [-0.39, 0.29) is 11.9 Å². The Morgan fingerprint density at radius 1 is 1.06 bits per heavy atom. The second-order valence-corrected chi connectivity index (χ2v) is 10.3. The molecular formula is C28H28N4OS. The van der Waals surface area contributed by atoms with Gasteiger partial charge in [-0.15, -0.1) is 0 Å². The van der Waals surface area contributed by atoms with Crippen LogP contribution in [0.2, 0.25) is 0 Å². The summed E-state index contributed by atoms with van der Waals surface area (Å²) < 4.78 is 2.16. The van der Waals surface area contributed by atoms with Crippen LogP contribution in [0.15, 0.2) is 78.0 Å². The summed E-state index contributed by atoms with van der Waals surface area (Å²) >= 11 is 1.53. The van der Waals surface area contributed by atoms with Crippen molar-refractivity contribution in [2.75, 3.05) is 30.8 Å². The molecule has 0 radical (unpaired) electrons. The number of thioether (sulfide) groups is 1. The van der Waals surface area contributed by atoms with Crippen molar-refractivity contribution in [1.82, 2.24) is 14.5 Å². The van der Waals surface area contributed by atoms with Gasteiger partial charge in [-0.05, 0) is 62.8 Å². The van der Waals surface area contributed by atoms with Crippen LogP contribution in [0.25, 0.3) is 16.7 Å². The number of aromatic nitrogens is 2. The molecule has 0 bridgehead atoms. The van der Waals surface area contributed by atoms with Gasteiger partial charge in [-0.3, -0.25) is 9.36 Å². The van der Waals surface area contributed by atoms with E-state index >= 15 is 0 Å². The number of piperidine rings is 1. The highest BCUT2D eigenvalue weighted by Crippen LogP contribution is 2.45. The van der Waals surface area contributed by atoms with E-state index < -0.39 is 0 Å². The molecule has 0 saturated carbocycles. The number of para-hydroxylation sites is 3. The third-order valence-electron chi connectivity index (χ3n) is 7.09. The molecule has 1 fully saturated rings. The Bertz CT molecular complexity index is 1370. The second-order valence-electron chi connectivity index (χ2n) is 9.39. The lowest BCUT2D eigenvalue weighted by atomic mass is 9.89. The van der Waals surface area contributed by atoms with Crippen molar-refractivity contribution in [2.24, 2.45) is 0 Å². The number of likely N-dealkylation sites (tertiary alicyclic amines) is 1. The fourth-order valence-corrected chi connectivity index (χ4v) is 6.42. The first-order valence-electron chi connectivity index (χ1n) is 11.9. The van der Waals surface area contributed by atoms with Crippen LogP contribution in [0, 0.1) is 6.92 Å². The molecule has 2 aliphatic heterocycles. The molecule has 1 amide bonds. The zero-order chi connectivity index (χ0) is 23.2. The van der Waals surface area contributed by atoms with E-state index in [1.807, 2.05) is 36.4 Å². The van der Waals surface area contributed by atoms with Gasteiger partial charge in [-0.1, -0.05) is 59.8 Å². The number of fused-ring (bicyclic) bond motifs is 4. The van der Waals surface area contributed by atoms with Crippen LogP contribution in [0.4, 0.5) is 5.69 Å². The van der Waals surface area contributed by atoms with Gasteiger partial charge in [0.15, 0.2) is 5.16 Å². The summed E-state index contributed by atoms with van der Waals surface area (Å²) in [6.07, 6.45) is 1.01. The van der Waals surface area contributed by atoms with Gasteiger partial charge in [0.25, 0.3) is 0 Å². The highest BCUT2D eigenvalue weighted by atomic mass is 32.2. The summed E-state index contributed by atoms with van der Waals surface area (Å²) in [6.45, 7) is 4.16. The van der Waals surface area contributed by atoms with Crippen molar-refractivity contribution in [1.29, 1.82) is 0 Å². The molecule has 2 atom stereocenters. The Hall–Kier alpha value is -3.09. The molecule has 172 valence electrons. The minimum Gasteiger partial charge on any atom is -0.308 e. The van der Waals surface area contributed by atoms with Crippen LogP contribution >= 0.6 is 11.8 Å². The summed E-state index contributed by atoms with van der Waals surface area (Å²) in [5.41, 5.74) is 6.73. The minimum absolute atomic E-state index is 0.166. The first kappa shape index (κ1) is 21.4. The number of rotatable bonds is 4. The summed E-state index contributed by atoms with van der Waals surface area (Å²) in [6, 6.07) is 25.2. The summed E-state index contributed by atoms with van der Waals surface area (Å²) in [5.74, 6) is 0.915. The first-order valence-corrected chi connectivity index (χ1v) is 12.9. The maximum Gasteiger partial charge on any atom is 0.237 e.